The zero-order valence-electron chi connectivity index (χ0n) is 12.8. The van der Waals surface area contributed by atoms with Crippen molar-refractivity contribution < 1.29 is 9.21 Å². The number of hydrogen-bond acceptors (Lipinski definition) is 3. The van der Waals surface area contributed by atoms with Gasteiger partial charge in [0.25, 0.3) is 5.91 Å². The zero-order valence-corrected chi connectivity index (χ0v) is 12.8. The fourth-order valence-electron chi connectivity index (χ4n) is 3.11. The molecular weight excluding hydrogens is 266 g/mol. The van der Waals surface area contributed by atoms with Crippen LogP contribution in [0.2, 0.25) is 0 Å². The van der Waals surface area contributed by atoms with Gasteiger partial charge in [-0.2, -0.15) is 5.10 Å². The van der Waals surface area contributed by atoms with E-state index in [-0.39, 0.29) is 11.9 Å². The number of carbonyl (C=O) groups is 1. The summed E-state index contributed by atoms with van der Waals surface area (Å²) in [6, 6.07) is 4.04. The van der Waals surface area contributed by atoms with Crippen LogP contribution in [-0.4, -0.2) is 33.2 Å². The Labute approximate surface area is 124 Å². The van der Waals surface area contributed by atoms with Gasteiger partial charge in [-0.1, -0.05) is 0 Å². The van der Waals surface area contributed by atoms with Gasteiger partial charge in [-0.15, -0.1) is 0 Å². The number of hydrogen-bond donors (Lipinski definition) is 0. The van der Waals surface area contributed by atoms with E-state index in [1.54, 1.807) is 12.3 Å². The number of aryl methyl sites for hydroxylation is 3. The minimum absolute atomic E-state index is 0.0743. The number of furan rings is 1. The molecule has 0 aromatic carbocycles. The van der Waals surface area contributed by atoms with Crippen molar-refractivity contribution in [1.29, 1.82) is 0 Å². The van der Waals surface area contributed by atoms with Gasteiger partial charge < -0.3 is 9.32 Å². The Kier molecular flexibility index (Phi) is 3.57. The maximum atomic E-state index is 12.7. The van der Waals surface area contributed by atoms with Crippen molar-refractivity contribution in [3.63, 3.8) is 0 Å². The molecule has 1 saturated heterocycles. The molecule has 0 unspecified atom stereocenters. The molecule has 5 heteroatoms. The second-order valence-electron chi connectivity index (χ2n) is 5.79. The molecular formula is C16H21N3O2. The number of rotatable bonds is 3. The minimum Gasteiger partial charge on any atom is -0.469 e. The summed E-state index contributed by atoms with van der Waals surface area (Å²) in [5.74, 6) is 0.766. The predicted octanol–water partition coefficient (Wildman–Crippen LogP) is 2.71. The largest absolute Gasteiger partial charge is 0.469 e. The molecule has 2 aromatic heterocycles. The van der Waals surface area contributed by atoms with Crippen molar-refractivity contribution in [2.75, 3.05) is 6.54 Å². The first-order valence-electron chi connectivity index (χ1n) is 7.42. The van der Waals surface area contributed by atoms with E-state index in [0.717, 1.165) is 37.3 Å². The maximum Gasteiger partial charge on any atom is 0.257 e. The third-order valence-corrected chi connectivity index (χ3v) is 4.21. The first-order valence-corrected chi connectivity index (χ1v) is 7.42. The van der Waals surface area contributed by atoms with E-state index in [1.165, 1.54) is 0 Å². The number of likely N-dealkylation sites (tertiary alicyclic amines) is 1. The molecule has 0 N–H and O–H groups in total. The van der Waals surface area contributed by atoms with E-state index in [9.17, 15) is 4.79 Å². The lowest BCUT2D eigenvalue weighted by atomic mass is 10.2. The van der Waals surface area contributed by atoms with Crippen molar-refractivity contribution in [1.82, 2.24) is 14.7 Å². The number of aromatic nitrogens is 2. The van der Waals surface area contributed by atoms with Gasteiger partial charge in [0.15, 0.2) is 0 Å². The molecule has 1 atom stereocenters. The van der Waals surface area contributed by atoms with Crippen LogP contribution in [0.1, 0.15) is 40.3 Å². The molecule has 1 fully saturated rings. The van der Waals surface area contributed by atoms with E-state index >= 15 is 0 Å². The van der Waals surface area contributed by atoms with Gasteiger partial charge in [-0.25, -0.2) is 0 Å². The lowest BCUT2D eigenvalue weighted by Crippen LogP contribution is -2.38. The van der Waals surface area contributed by atoms with Gasteiger partial charge in [0, 0.05) is 12.2 Å². The Balaban J connectivity index is 1.78. The average molecular weight is 287 g/mol. The lowest BCUT2D eigenvalue weighted by molar-refractivity contribution is 0.0719. The highest BCUT2D eigenvalue weighted by atomic mass is 16.3. The smallest absolute Gasteiger partial charge is 0.257 e. The fourth-order valence-corrected chi connectivity index (χ4v) is 3.11. The first kappa shape index (κ1) is 13.9. The highest BCUT2D eigenvalue weighted by molar-refractivity contribution is 5.95. The van der Waals surface area contributed by atoms with Crippen molar-refractivity contribution in [3.8, 4) is 0 Å². The summed E-state index contributed by atoms with van der Waals surface area (Å²) < 4.78 is 7.26. The van der Waals surface area contributed by atoms with Crippen LogP contribution in [0, 0.1) is 20.8 Å². The number of carbonyl (C=O) groups excluding carboxylic acids is 1. The summed E-state index contributed by atoms with van der Waals surface area (Å²) in [7, 11) is 0. The Morgan fingerprint density at radius 2 is 2.24 bits per heavy atom. The number of nitrogens with zero attached hydrogens (tertiary/aromatic N) is 3. The normalized spacial score (nSPS) is 18.4. The molecule has 21 heavy (non-hydrogen) atoms. The molecule has 0 aliphatic carbocycles. The van der Waals surface area contributed by atoms with Gasteiger partial charge in [-0.05, 0) is 45.7 Å². The quantitative estimate of drug-likeness (QED) is 0.872. The van der Waals surface area contributed by atoms with Crippen molar-refractivity contribution in [2.24, 2.45) is 0 Å². The van der Waals surface area contributed by atoms with E-state index in [0.29, 0.717) is 11.3 Å². The topological polar surface area (TPSA) is 51.3 Å². The Bertz CT molecular complexity index is 656. The molecule has 5 nitrogen and oxygen atoms in total. The minimum atomic E-state index is 0.0743. The fraction of sp³-hybridized carbons (Fsp3) is 0.500. The van der Waals surface area contributed by atoms with Crippen LogP contribution in [0.25, 0.3) is 0 Å². The molecule has 0 spiro atoms. The third kappa shape index (κ3) is 2.60. The highest BCUT2D eigenvalue weighted by Crippen LogP contribution is 2.23. The van der Waals surface area contributed by atoms with Crippen LogP contribution in [0.15, 0.2) is 22.8 Å². The molecule has 0 saturated carbocycles. The molecule has 0 bridgehead atoms. The second kappa shape index (κ2) is 5.39. The van der Waals surface area contributed by atoms with Crippen LogP contribution < -0.4 is 0 Å². The Morgan fingerprint density at radius 3 is 2.86 bits per heavy atom. The van der Waals surface area contributed by atoms with Gasteiger partial charge in [0.05, 0.1) is 30.1 Å². The van der Waals surface area contributed by atoms with E-state index < -0.39 is 0 Å². The second-order valence-corrected chi connectivity index (χ2v) is 5.79. The summed E-state index contributed by atoms with van der Waals surface area (Å²) in [5.41, 5.74) is 2.84. The van der Waals surface area contributed by atoms with Crippen LogP contribution in [0.4, 0.5) is 0 Å². The monoisotopic (exact) mass is 287 g/mol. The SMILES string of the molecule is Cc1cc(C)n(C[C@@H]2CCCN2C(=O)c2ccoc2C)n1. The van der Waals surface area contributed by atoms with Gasteiger partial charge in [0.1, 0.15) is 5.76 Å². The van der Waals surface area contributed by atoms with Crippen molar-refractivity contribution in [3.05, 3.63) is 41.1 Å². The summed E-state index contributed by atoms with van der Waals surface area (Å²) >= 11 is 0. The molecule has 0 radical (unpaired) electrons. The van der Waals surface area contributed by atoms with Gasteiger partial charge in [0.2, 0.25) is 0 Å². The Morgan fingerprint density at radius 1 is 1.43 bits per heavy atom. The third-order valence-electron chi connectivity index (χ3n) is 4.21. The molecule has 112 valence electrons. The van der Waals surface area contributed by atoms with Crippen LogP contribution in [0.3, 0.4) is 0 Å². The molecule has 1 aliphatic heterocycles. The van der Waals surface area contributed by atoms with Gasteiger partial charge >= 0.3 is 0 Å². The molecule has 2 aromatic rings. The first-order chi connectivity index (χ1) is 10.1. The van der Waals surface area contributed by atoms with Gasteiger partial charge in [-0.3, -0.25) is 9.48 Å². The zero-order chi connectivity index (χ0) is 15.0. The molecule has 3 heterocycles. The standard InChI is InChI=1S/C16H21N3O2/c1-11-9-12(2)19(17-11)10-14-5-4-7-18(14)16(20)15-6-8-21-13(15)3/h6,8-9,14H,4-5,7,10H2,1-3H3/t14-/m0/s1. The lowest BCUT2D eigenvalue weighted by Gasteiger charge is -2.25. The molecule has 3 rings (SSSR count). The Hall–Kier alpha value is -2.04. The predicted molar refractivity (Wildman–Crippen MR) is 79.2 cm³/mol. The molecule has 1 aliphatic rings. The van der Waals surface area contributed by atoms with E-state index in [2.05, 4.69) is 18.1 Å². The molecule has 1 amide bonds. The maximum absolute atomic E-state index is 12.7. The number of amides is 1. The van der Waals surface area contributed by atoms with E-state index in [4.69, 9.17) is 4.42 Å². The van der Waals surface area contributed by atoms with Crippen molar-refractivity contribution >= 4 is 5.91 Å². The summed E-state index contributed by atoms with van der Waals surface area (Å²) in [5, 5.41) is 4.51. The highest BCUT2D eigenvalue weighted by Gasteiger charge is 2.31. The average Bonchev–Trinajstić information content (AvgIpc) is 3.12. The summed E-state index contributed by atoms with van der Waals surface area (Å²) in [6.45, 7) is 7.46. The summed E-state index contributed by atoms with van der Waals surface area (Å²) in [6.07, 6.45) is 3.66. The van der Waals surface area contributed by atoms with Crippen LogP contribution in [-0.2, 0) is 6.54 Å². The van der Waals surface area contributed by atoms with E-state index in [1.807, 2.05) is 23.4 Å². The van der Waals surface area contributed by atoms with Crippen molar-refractivity contribution in [2.45, 2.75) is 46.2 Å². The van der Waals surface area contributed by atoms with Crippen LogP contribution in [0.5, 0.6) is 0 Å². The summed E-state index contributed by atoms with van der Waals surface area (Å²) in [4.78, 5) is 14.6. The van der Waals surface area contributed by atoms with Crippen LogP contribution >= 0.6 is 0 Å².